The molecule has 0 amide bonds. The monoisotopic (exact) mass is 422 g/mol. The first kappa shape index (κ1) is 20.7. The number of anilines is 2. The van der Waals surface area contributed by atoms with Crippen molar-refractivity contribution >= 4 is 39.6 Å². The van der Waals surface area contributed by atoms with E-state index in [1.165, 1.54) is 25.4 Å². The lowest BCUT2D eigenvalue weighted by atomic mass is 10.1. The second-order valence-corrected chi connectivity index (χ2v) is 6.86. The van der Waals surface area contributed by atoms with E-state index in [9.17, 15) is 17.4 Å². The maximum absolute atomic E-state index is 13.7. The lowest BCUT2D eigenvalue weighted by molar-refractivity contribution is -0.0716. The van der Waals surface area contributed by atoms with Crippen LogP contribution in [0.1, 0.15) is 19.4 Å². The number of rotatable bonds is 6. The summed E-state index contributed by atoms with van der Waals surface area (Å²) in [5.41, 5.74) is 2.01. The van der Waals surface area contributed by atoms with Crippen molar-refractivity contribution < 1.29 is 22.1 Å². The summed E-state index contributed by atoms with van der Waals surface area (Å²) in [6.07, 6.45) is -0.159. The maximum Gasteiger partial charge on any atom is 0.281 e. The van der Waals surface area contributed by atoms with Crippen LogP contribution >= 0.6 is 0 Å². The molecular weight excluding hydrogens is 405 g/mol. The van der Waals surface area contributed by atoms with E-state index in [2.05, 4.69) is 19.6 Å². The Morgan fingerprint density at radius 2 is 2.00 bits per heavy atom. The molecule has 0 aliphatic carbocycles. The van der Waals surface area contributed by atoms with Crippen LogP contribution in [-0.2, 0) is 11.5 Å². The van der Waals surface area contributed by atoms with Gasteiger partial charge < -0.3 is 10.1 Å². The summed E-state index contributed by atoms with van der Waals surface area (Å²) in [7, 11) is 0. The van der Waals surface area contributed by atoms with Crippen LogP contribution in [0, 0.1) is 12.7 Å². The van der Waals surface area contributed by atoms with Crippen molar-refractivity contribution in [3.05, 3.63) is 48.0 Å². The number of hydrogen-bond acceptors (Lipinski definition) is 6. The van der Waals surface area contributed by atoms with Crippen LogP contribution in [-0.4, -0.2) is 26.2 Å². The highest BCUT2D eigenvalue weighted by molar-refractivity contribution is 7.54. The molecule has 29 heavy (non-hydrogen) atoms. The van der Waals surface area contributed by atoms with Crippen LogP contribution in [0.25, 0.3) is 10.9 Å². The topological polar surface area (TPSA) is 76.5 Å². The average Bonchev–Trinajstić information content (AvgIpc) is 2.63. The Balaban J connectivity index is 2.04. The van der Waals surface area contributed by atoms with E-state index in [1.807, 2.05) is 0 Å². The molecule has 0 radical (unpaired) electrons. The number of nitrogens with zero attached hydrogens (tertiary/aromatic N) is 3. The number of nitrogens with one attached hydrogen (secondary N) is 1. The van der Waals surface area contributed by atoms with E-state index in [0.717, 1.165) is 18.6 Å². The number of ether oxygens (including phenoxy) is 1. The molecule has 0 aliphatic heterocycles. The van der Waals surface area contributed by atoms with Crippen LogP contribution in [0.4, 0.5) is 30.4 Å². The van der Waals surface area contributed by atoms with Gasteiger partial charge in [0.25, 0.3) is 5.92 Å². The Kier molecular flexibility index (Phi) is 5.83. The summed E-state index contributed by atoms with van der Waals surface area (Å²) in [6.45, 7) is 3.74. The zero-order valence-electron chi connectivity index (χ0n) is 15.7. The molecule has 0 saturated carbocycles. The van der Waals surface area contributed by atoms with Gasteiger partial charge in [-0.05, 0) is 43.7 Å². The summed E-state index contributed by atoms with van der Waals surface area (Å²) in [4.78, 5) is 8.40. The third kappa shape index (κ3) is 4.70. The van der Waals surface area contributed by atoms with E-state index in [4.69, 9.17) is 4.74 Å². The van der Waals surface area contributed by atoms with Gasteiger partial charge in [-0.1, -0.05) is 0 Å². The third-order valence-electron chi connectivity index (χ3n) is 4.28. The summed E-state index contributed by atoms with van der Waals surface area (Å²) in [6, 6.07) is 6.92. The summed E-state index contributed by atoms with van der Waals surface area (Å²) in [5.74, 6) is -3.43. The Morgan fingerprint density at radius 3 is 2.69 bits per heavy atom. The number of aromatic nitrogens is 2. The van der Waals surface area contributed by atoms with E-state index in [0.29, 0.717) is 22.4 Å². The fraction of sp³-hybridized carbons (Fsp3) is 0.263. The largest absolute Gasteiger partial charge is 0.482 e. The highest BCUT2D eigenvalue weighted by Crippen LogP contribution is 2.35. The number of hydrogen-bond donors (Lipinski definition) is 1. The first-order valence-electron chi connectivity index (χ1n) is 8.55. The molecule has 6 nitrogen and oxygen atoms in total. The lowest BCUT2D eigenvalue weighted by Crippen LogP contribution is -2.32. The van der Waals surface area contributed by atoms with Gasteiger partial charge in [0.15, 0.2) is 6.10 Å². The Bertz CT molecular complexity index is 1110. The second kappa shape index (κ2) is 8.16. The predicted molar refractivity (Wildman–Crippen MR) is 105 cm³/mol. The molecule has 0 bridgehead atoms. The van der Waals surface area contributed by atoms with Gasteiger partial charge in [-0.15, -0.1) is 0 Å². The first-order chi connectivity index (χ1) is 13.7. The molecule has 1 N–H and O–H groups in total. The molecule has 10 heteroatoms. The standard InChI is InChI=1S/C19H17F3N4O2S/c1-10-6-13(26-29-27)8-15-17(10)18(24-9-23-15)25-14-5-4-12(20)7-16(14)28-11(2)19(3,21)22/h4-9,11H,1-3H3,(H,23,24,25)/t11-/m1/s1. The molecule has 0 fully saturated rings. The SMILES string of the molecule is Cc1cc(N=S=O)cc2ncnc(Nc3ccc(F)cc3O[C@H](C)C(C)(F)F)c12. The highest BCUT2D eigenvalue weighted by Gasteiger charge is 2.32. The zero-order valence-corrected chi connectivity index (χ0v) is 16.6. The first-order valence-corrected chi connectivity index (χ1v) is 9.25. The maximum atomic E-state index is 13.7. The minimum Gasteiger partial charge on any atom is -0.482 e. The molecule has 3 rings (SSSR count). The minimum atomic E-state index is -3.11. The van der Waals surface area contributed by atoms with Crippen molar-refractivity contribution in [3.8, 4) is 5.75 Å². The zero-order chi connectivity index (χ0) is 21.2. The Morgan fingerprint density at radius 1 is 1.24 bits per heavy atom. The van der Waals surface area contributed by atoms with Crippen molar-refractivity contribution in [2.75, 3.05) is 5.32 Å². The number of fused-ring (bicyclic) bond motifs is 1. The summed E-state index contributed by atoms with van der Waals surface area (Å²) >= 11 is 0.0923. The van der Waals surface area contributed by atoms with Gasteiger partial charge in [-0.3, -0.25) is 0 Å². The number of aryl methyl sites for hydroxylation is 1. The summed E-state index contributed by atoms with van der Waals surface area (Å²) in [5, 5.41) is 3.65. The van der Waals surface area contributed by atoms with Crippen molar-refractivity contribution in [3.63, 3.8) is 0 Å². The number of benzene rings is 2. The molecule has 1 atom stereocenters. The van der Waals surface area contributed by atoms with Crippen LogP contribution < -0.4 is 10.1 Å². The van der Waals surface area contributed by atoms with E-state index in [1.54, 1.807) is 19.1 Å². The van der Waals surface area contributed by atoms with E-state index >= 15 is 0 Å². The number of alkyl halides is 2. The van der Waals surface area contributed by atoms with Crippen LogP contribution in [0.15, 0.2) is 41.0 Å². The molecule has 0 aliphatic rings. The van der Waals surface area contributed by atoms with Crippen molar-refractivity contribution in [1.29, 1.82) is 0 Å². The second-order valence-electron chi connectivity index (χ2n) is 6.53. The van der Waals surface area contributed by atoms with Gasteiger partial charge in [0.05, 0.1) is 16.9 Å². The van der Waals surface area contributed by atoms with Crippen LogP contribution in [0.5, 0.6) is 5.75 Å². The normalized spacial score (nSPS) is 12.5. The van der Waals surface area contributed by atoms with Crippen LogP contribution in [0.2, 0.25) is 0 Å². The van der Waals surface area contributed by atoms with Crippen molar-refractivity contribution in [1.82, 2.24) is 9.97 Å². The van der Waals surface area contributed by atoms with Gasteiger partial charge in [-0.25, -0.2) is 23.1 Å². The molecule has 0 unspecified atom stereocenters. The molecule has 2 aromatic carbocycles. The van der Waals surface area contributed by atoms with E-state index in [-0.39, 0.29) is 22.9 Å². The average molecular weight is 422 g/mol. The Hall–Kier alpha value is -3.01. The molecule has 152 valence electrons. The molecule has 0 spiro atoms. The molecule has 1 aromatic heterocycles. The molecular formula is C19H17F3N4O2S. The smallest absolute Gasteiger partial charge is 0.281 e. The molecule has 3 aromatic rings. The molecule has 1 heterocycles. The predicted octanol–water partition coefficient (Wildman–Crippen LogP) is 5.27. The van der Waals surface area contributed by atoms with Gasteiger partial charge in [0.1, 0.15) is 23.7 Å². The number of halogens is 3. The summed E-state index contributed by atoms with van der Waals surface area (Å²) < 4.78 is 60.5. The van der Waals surface area contributed by atoms with Crippen molar-refractivity contribution in [2.45, 2.75) is 32.8 Å². The van der Waals surface area contributed by atoms with Gasteiger partial charge in [0, 0.05) is 18.4 Å². The quantitative estimate of drug-likeness (QED) is 0.586. The van der Waals surface area contributed by atoms with Crippen LogP contribution in [0.3, 0.4) is 0 Å². The van der Waals surface area contributed by atoms with Gasteiger partial charge >= 0.3 is 0 Å². The molecule has 0 saturated heterocycles. The van der Waals surface area contributed by atoms with Crippen molar-refractivity contribution in [2.24, 2.45) is 4.36 Å². The fourth-order valence-corrected chi connectivity index (χ4v) is 2.87. The van der Waals surface area contributed by atoms with Gasteiger partial charge in [-0.2, -0.15) is 8.57 Å². The minimum absolute atomic E-state index is 0.0715. The Labute approximate surface area is 168 Å². The van der Waals surface area contributed by atoms with E-state index < -0.39 is 17.8 Å². The van der Waals surface area contributed by atoms with Gasteiger partial charge in [0.2, 0.25) is 11.5 Å². The highest BCUT2D eigenvalue weighted by atomic mass is 32.1. The third-order valence-corrected chi connectivity index (χ3v) is 4.56. The fourth-order valence-electron chi connectivity index (χ4n) is 2.68. The lowest BCUT2D eigenvalue weighted by Gasteiger charge is -2.23.